The van der Waals surface area contributed by atoms with Gasteiger partial charge in [-0.2, -0.15) is 0 Å². The first-order valence-electron chi connectivity index (χ1n) is 3.35. The lowest BCUT2D eigenvalue weighted by atomic mass is 10.1. The standard InChI is InChI=1S/C6H16N4/c1-2-3-4(7)5(8)6(9)10/h4H,2-3,7-10H2,1H3. The van der Waals surface area contributed by atoms with E-state index in [1.165, 1.54) is 0 Å². The van der Waals surface area contributed by atoms with Crippen molar-refractivity contribution in [2.45, 2.75) is 25.8 Å². The lowest BCUT2D eigenvalue weighted by Gasteiger charge is -2.11. The summed E-state index contributed by atoms with van der Waals surface area (Å²) in [6, 6.07) is -0.185. The van der Waals surface area contributed by atoms with E-state index in [0.717, 1.165) is 12.8 Å². The van der Waals surface area contributed by atoms with E-state index in [1.54, 1.807) is 0 Å². The smallest absolute Gasteiger partial charge is 0.114 e. The Kier molecular flexibility index (Phi) is 3.64. The first-order chi connectivity index (χ1) is 4.59. The first kappa shape index (κ1) is 9.10. The van der Waals surface area contributed by atoms with Crippen LogP contribution in [0.5, 0.6) is 0 Å². The quantitative estimate of drug-likeness (QED) is 0.414. The highest BCUT2D eigenvalue weighted by atomic mass is 14.9. The second kappa shape index (κ2) is 4.00. The van der Waals surface area contributed by atoms with E-state index in [2.05, 4.69) is 0 Å². The molecule has 10 heavy (non-hydrogen) atoms. The van der Waals surface area contributed by atoms with Crippen molar-refractivity contribution in [1.29, 1.82) is 0 Å². The summed E-state index contributed by atoms with van der Waals surface area (Å²) < 4.78 is 0. The average molecular weight is 144 g/mol. The Morgan fingerprint density at radius 2 is 1.80 bits per heavy atom. The van der Waals surface area contributed by atoms with Gasteiger partial charge in [0.1, 0.15) is 5.82 Å². The Labute approximate surface area is 61.2 Å². The lowest BCUT2D eigenvalue weighted by molar-refractivity contribution is 0.659. The van der Waals surface area contributed by atoms with Crippen LogP contribution in [0.3, 0.4) is 0 Å². The Morgan fingerprint density at radius 1 is 1.30 bits per heavy atom. The Hall–Kier alpha value is -0.900. The predicted octanol–water partition coefficient (Wildman–Crippen LogP) is -0.841. The zero-order valence-electron chi connectivity index (χ0n) is 6.30. The van der Waals surface area contributed by atoms with Crippen molar-refractivity contribution < 1.29 is 0 Å². The van der Waals surface area contributed by atoms with E-state index >= 15 is 0 Å². The summed E-state index contributed by atoms with van der Waals surface area (Å²) in [5.74, 6) is 0.140. The normalized spacial score (nSPS) is 12.6. The molecule has 1 unspecified atom stereocenters. The molecule has 0 amide bonds. The predicted molar refractivity (Wildman–Crippen MR) is 42.5 cm³/mol. The van der Waals surface area contributed by atoms with Crippen molar-refractivity contribution in [2.24, 2.45) is 22.9 Å². The fourth-order valence-electron chi connectivity index (χ4n) is 0.681. The molecule has 0 aromatic carbocycles. The van der Waals surface area contributed by atoms with Gasteiger partial charge in [0.25, 0.3) is 0 Å². The van der Waals surface area contributed by atoms with Gasteiger partial charge >= 0.3 is 0 Å². The van der Waals surface area contributed by atoms with Crippen molar-refractivity contribution in [3.8, 4) is 0 Å². The number of hydrogen-bond donors (Lipinski definition) is 4. The maximum Gasteiger partial charge on any atom is 0.114 e. The van der Waals surface area contributed by atoms with Gasteiger partial charge in [-0.25, -0.2) is 0 Å². The number of nitrogens with two attached hydrogens (primary N) is 4. The molecular formula is C6H16N4. The number of hydrogen-bond acceptors (Lipinski definition) is 4. The zero-order chi connectivity index (χ0) is 8.15. The molecule has 0 aromatic heterocycles. The maximum absolute atomic E-state index is 5.59. The SMILES string of the molecule is CCCC(N)C(N)=C(N)N. The largest absolute Gasteiger partial charge is 0.398 e. The van der Waals surface area contributed by atoms with Gasteiger partial charge in [-0.15, -0.1) is 0 Å². The highest BCUT2D eigenvalue weighted by molar-refractivity contribution is 5.09. The minimum Gasteiger partial charge on any atom is -0.398 e. The summed E-state index contributed by atoms with van der Waals surface area (Å²) in [5, 5.41) is 0. The monoisotopic (exact) mass is 144 g/mol. The van der Waals surface area contributed by atoms with E-state index in [0.29, 0.717) is 5.70 Å². The minimum atomic E-state index is -0.185. The second-order valence-corrected chi connectivity index (χ2v) is 2.31. The van der Waals surface area contributed by atoms with Gasteiger partial charge < -0.3 is 22.9 Å². The molecule has 60 valence electrons. The molecule has 4 heteroatoms. The lowest BCUT2D eigenvalue weighted by Crippen LogP contribution is -2.32. The summed E-state index contributed by atoms with van der Waals surface area (Å²) in [5.41, 5.74) is 21.9. The summed E-state index contributed by atoms with van der Waals surface area (Å²) >= 11 is 0. The van der Waals surface area contributed by atoms with Gasteiger partial charge in [-0.3, -0.25) is 0 Å². The summed E-state index contributed by atoms with van der Waals surface area (Å²) in [4.78, 5) is 0. The molecular weight excluding hydrogens is 128 g/mol. The summed E-state index contributed by atoms with van der Waals surface area (Å²) in [6.45, 7) is 2.03. The third kappa shape index (κ3) is 2.59. The fourth-order valence-corrected chi connectivity index (χ4v) is 0.681. The van der Waals surface area contributed by atoms with Crippen molar-refractivity contribution in [3.63, 3.8) is 0 Å². The molecule has 0 fully saturated rings. The topological polar surface area (TPSA) is 104 Å². The molecule has 4 nitrogen and oxygen atoms in total. The molecule has 0 spiro atoms. The second-order valence-electron chi connectivity index (χ2n) is 2.31. The van der Waals surface area contributed by atoms with E-state index in [4.69, 9.17) is 22.9 Å². The van der Waals surface area contributed by atoms with Crippen LogP contribution >= 0.6 is 0 Å². The van der Waals surface area contributed by atoms with Crippen LogP contribution in [-0.4, -0.2) is 6.04 Å². The highest BCUT2D eigenvalue weighted by Crippen LogP contribution is 1.99. The van der Waals surface area contributed by atoms with E-state index in [-0.39, 0.29) is 11.9 Å². The highest BCUT2D eigenvalue weighted by Gasteiger charge is 2.05. The Balaban J connectivity index is 3.94. The van der Waals surface area contributed by atoms with Gasteiger partial charge in [0.15, 0.2) is 0 Å². The van der Waals surface area contributed by atoms with Gasteiger partial charge in [0.2, 0.25) is 0 Å². The van der Waals surface area contributed by atoms with Gasteiger partial charge in [0, 0.05) is 6.04 Å². The molecule has 8 N–H and O–H groups in total. The summed E-state index contributed by atoms with van der Waals surface area (Å²) in [7, 11) is 0. The van der Waals surface area contributed by atoms with Crippen LogP contribution in [0.15, 0.2) is 11.5 Å². The van der Waals surface area contributed by atoms with E-state index in [1.807, 2.05) is 6.92 Å². The molecule has 0 aliphatic heterocycles. The van der Waals surface area contributed by atoms with Crippen LogP contribution in [-0.2, 0) is 0 Å². The fraction of sp³-hybridized carbons (Fsp3) is 0.667. The van der Waals surface area contributed by atoms with Crippen molar-refractivity contribution in [2.75, 3.05) is 0 Å². The third-order valence-corrected chi connectivity index (χ3v) is 1.33. The molecule has 0 aliphatic carbocycles. The average Bonchev–Trinajstić information content (AvgIpc) is 1.87. The van der Waals surface area contributed by atoms with E-state index in [9.17, 15) is 0 Å². The first-order valence-corrected chi connectivity index (χ1v) is 3.35. The van der Waals surface area contributed by atoms with Crippen LogP contribution in [0.2, 0.25) is 0 Å². The maximum atomic E-state index is 5.59. The molecule has 0 bridgehead atoms. The molecule has 0 aliphatic rings. The molecule has 0 saturated carbocycles. The minimum absolute atomic E-state index is 0.140. The van der Waals surface area contributed by atoms with Gasteiger partial charge in [0.05, 0.1) is 5.70 Å². The van der Waals surface area contributed by atoms with Crippen molar-refractivity contribution in [3.05, 3.63) is 11.5 Å². The summed E-state index contributed by atoms with van der Waals surface area (Å²) in [6.07, 6.45) is 1.80. The van der Waals surface area contributed by atoms with Gasteiger partial charge in [-0.05, 0) is 6.42 Å². The zero-order valence-corrected chi connectivity index (χ0v) is 6.30. The van der Waals surface area contributed by atoms with Crippen LogP contribution < -0.4 is 22.9 Å². The van der Waals surface area contributed by atoms with Crippen LogP contribution in [0, 0.1) is 0 Å². The molecule has 0 aromatic rings. The number of rotatable bonds is 3. The Morgan fingerprint density at radius 3 is 2.10 bits per heavy atom. The van der Waals surface area contributed by atoms with E-state index < -0.39 is 0 Å². The van der Waals surface area contributed by atoms with Crippen molar-refractivity contribution in [1.82, 2.24) is 0 Å². The molecule has 0 rings (SSSR count). The van der Waals surface area contributed by atoms with Gasteiger partial charge in [-0.1, -0.05) is 13.3 Å². The Bertz CT molecular complexity index is 126. The van der Waals surface area contributed by atoms with Crippen molar-refractivity contribution >= 4 is 0 Å². The van der Waals surface area contributed by atoms with Crippen LogP contribution in [0.25, 0.3) is 0 Å². The van der Waals surface area contributed by atoms with Crippen LogP contribution in [0.4, 0.5) is 0 Å². The molecule has 0 heterocycles. The molecule has 0 saturated heterocycles. The molecule has 1 atom stereocenters. The van der Waals surface area contributed by atoms with Crippen LogP contribution in [0.1, 0.15) is 19.8 Å². The molecule has 0 radical (unpaired) electrons. The third-order valence-electron chi connectivity index (χ3n) is 1.33.